The van der Waals surface area contributed by atoms with Gasteiger partial charge in [-0.25, -0.2) is 4.39 Å². The summed E-state index contributed by atoms with van der Waals surface area (Å²) in [7, 11) is 0. The Bertz CT molecular complexity index is 903. The number of aromatic nitrogens is 1. The minimum Gasteiger partial charge on any atom is -0.494 e. The smallest absolute Gasteiger partial charge is 0.198 e. The molecular weight excluding hydrogens is 309 g/mol. The largest absolute Gasteiger partial charge is 0.494 e. The van der Waals surface area contributed by atoms with E-state index >= 15 is 0 Å². The Balaban J connectivity index is 1.91. The molecule has 0 aliphatic rings. The third kappa shape index (κ3) is 3.09. The highest BCUT2D eigenvalue weighted by Crippen LogP contribution is 2.29. The lowest BCUT2D eigenvalue weighted by Crippen LogP contribution is -2.06. The fraction of sp³-hybridized carbons (Fsp3) is 0.167. The van der Waals surface area contributed by atoms with E-state index in [1.165, 1.54) is 12.3 Å². The van der Waals surface area contributed by atoms with E-state index < -0.39 is 5.82 Å². The number of aromatic hydroxyl groups is 1. The maximum atomic E-state index is 14.0. The first-order valence-electron chi connectivity index (χ1n) is 7.58. The van der Waals surface area contributed by atoms with Gasteiger partial charge in [0.2, 0.25) is 0 Å². The molecule has 0 unspecified atom stereocenters. The van der Waals surface area contributed by atoms with Gasteiger partial charge in [0.15, 0.2) is 5.88 Å². The van der Waals surface area contributed by atoms with E-state index in [9.17, 15) is 9.50 Å². The first-order valence-corrected chi connectivity index (χ1v) is 7.58. The molecule has 0 atom stereocenters. The maximum absolute atomic E-state index is 14.0. The van der Waals surface area contributed by atoms with Crippen LogP contribution in [0.25, 0.3) is 10.9 Å². The molecule has 0 fully saturated rings. The number of fused-ring (bicyclic) bond motifs is 1. The van der Waals surface area contributed by atoms with Gasteiger partial charge in [0.25, 0.3) is 0 Å². The Kier molecular flexibility index (Phi) is 4.48. The van der Waals surface area contributed by atoms with Gasteiger partial charge < -0.3 is 20.5 Å². The number of benzene rings is 2. The number of hydrogen-bond acceptors (Lipinski definition) is 4. The summed E-state index contributed by atoms with van der Waals surface area (Å²) in [5.41, 5.74) is 3.43. The summed E-state index contributed by atoms with van der Waals surface area (Å²) in [5, 5.41) is 22.3. The van der Waals surface area contributed by atoms with Crippen molar-refractivity contribution >= 4 is 28.5 Å². The van der Waals surface area contributed by atoms with Crippen LogP contribution in [0.2, 0.25) is 0 Å². The molecule has 3 rings (SSSR count). The number of nitrogens with zero attached hydrogens (tertiary/aromatic N) is 1. The number of hydrogen-bond donors (Lipinski definition) is 4. The number of aliphatic imine (C=N–C) groups is 1. The van der Waals surface area contributed by atoms with Crippen molar-refractivity contribution < 1.29 is 14.6 Å². The quantitative estimate of drug-likeness (QED) is 0.542. The number of aromatic amines is 1. The van der Waals surface area contributed by atoms with Gasteiger partial charge in [-0.2, -0.15) is 0 Å². The second-order valence-electron chi connectivity index (χ2n) is 5.46. The van der Waals surface area contributed by atoms with E-state index in [4.69, 9.17) is 5.11 Å². The Morgan fingerprint density at radius 2 is 2.12 bits per heavy atom. The summed E-state index contributed by atoms with van der Waals surface area (Å²) < 4.78 is 14.0. The Hall–Kier alpha value is -2.86. The van der Waals surface area contributed by atoms with Crippen LogP contribution in [0.4, 0.5) is 15.8 Å². The second kappa shape index (κ2) is 6.72. The van der Waals surface area contributed by atoms with Crippen LogP contribution in [0.5, 0.6) is 5.88 Å². The molecule has 124 valence electrons. The topological polar surface area (TPSA) is 80.6 Å². The molecule has 0 spiro atoms. The second-order valence-corrected chi connectivity index (χ2v) is 5.46. The molecule has 1 heterocycles. The van der Waals surface area contributed by atoms with Gasteiger partial charge in [0, 0.05) is 23.8 Å². The zero-order valence-corrected chi connectivity index (χ0v) is 13.2. The van der Waals surface area contributed by atoms with E-state index in [2.05, 4.69) is 15.3 Å². The van der Waals surface area contributed by atoms with Gasteiger partial charge in [-0.1, -0.05) is 6.07 Å². The zero-order valence-electron chi connectivity index (χ0n) is 13.2. The number of aliphatic hydroxyl groups excluding tert-OH is 1. The fourth-order valence-electron chi connectivity index (χ4n) is 2.60. The van der Waals surface area contributed by atoms with Gasteiger partial charge in [0.1, 0.15) is 5.82 Å². The molecule has 0 saturated heterocycles. The van der Waals surface area contributed by atoms with Crippen molar-refractivity contribution in [2.45, 2.75) is 6.92 Å². The van der Waals surface area contributed by atoms with Crippen LogP contribution in [0.3, 0.4) is 0 Å². The van der Waals surface area contributed by atoms with E-state index in [1.54, 1.807) is 12.1 Å². The van der Waals surface area contributed by atoms with Crippen molar-refractivity contribution in [1.82, 2.24) is 4.98 Å². The molecule has 2 aromatic carbocycles. The highest BCUT2D eigenvalue weighted by molar-refractivity contribution is 6.02. The fourth-order valence-corrected chi connectivity index (χ4v) is 2.60. The summed E-state index contributed by atoms with van der Waals surface area (Å²) in [6.45, 7) is 2.47. The van der Waals surface area contributed by atoms with Gasteiger partial charge in [0.05, 0.1) is 23.4 Å². The summed E-state index contributed by atoms with van der Waals surface area (Å²) in [5.74, 6) is -0.526. The zero-order chi connectivity index (χ0) is 17.1. The molecule has 0 radical (unpaired) electrons. The third-order valence-electron chi connectivity index (χ3n) is 3.77. The molecule has 0 aliphatic carbocycles. The van der Waals surface area contributed by atoms with Crippen molar-refractivity contribution in [2.24, 2.45) is 4.99 Å². The molecule has 6 heteroatoms. The van der Waals surface area contributed by atoms with Crippen LogP contribution < -0.4 is 5.32 Å². The van der Waals surface area contributed by atoms with E-state index in [-0.39, 0.29) is 12.5 Å². The normalized spacial score (nSPS) is 11.5. The number of nitrogens with one attached hydrogen (secondary N) is 2. The van der Waals surface area contributed by atoms with Crippen LogP contribution in [0, 0.1) is 12.7 Å². The van der Waals surface area contributed by atoms with Crippen LogP contribution >= 0.6 is 0 Å². The van der Waals surface area contributed by atoms with Crippen LogP contribution in [0.1, 0.15) is 11.1 Å². The predicted octanol–water partition coefficient (Wildman–Crippen LogP) is 3.48. The Morgan fingerprint density at radius 1 is 1.29 bits per heavy atom. The van der Waals surface area contributed by atoms with Crippen molar-refractivity contribution in [3.63, 3.8) is 0 Å². The molecule has 3 aromatic rings. The number of H-pyrrole nitrogens is 1. The van der Waals surface area contributed by atoms with Crippen molar-refractivity contribution in [3.8, 4) is 5.88 Å². The van der Waals surface area contributed by atoms with Crippen LogP contribution in [-0.4, -0.2) is 34.6 Å². The number of anilines is 1. The molecule has 0 bridgehead atoms. The molecule has 0 amide bonds. The van der Waals surface area contributed by atoms with Gasteiger partial charge in [-0.05, 0) is 42.8 Å². The van der Waals surface area contributed by atoms with Gasteiger partial charge >= 0.3 is 0 Å². The molecule has 24 heavy (non-hydrogen) atoms. The maximum Gasteiger partial charge on any atom is 0.198 e. The average molecular weight is 327 g/mol. The van der Waals surface area contributed by atoms with E-state index in [0.717, 1.165) is 11.3 Å². The minimum atomic E-state index is -0.412. The number of aryl methyl sites for hydroxylation is 1. The molecule has 4 N–H and O–H groups in total. The average Bonchev–Trinajstić information content (AvgIpc) is 2.89. The number of aliphatic hydroxyl groups is 1. The summed E-state index contributed by atoms with van der Waals surface area (Å²) in [4.78, 5) is 7.07. The summed E-state index contributed by atoms with van der Waals surface area (Å²) in [6.07, 6.45) is 1.45. The third-order valence-corrected chi connectivity index (χ3v) is 3.77. The molecule has 0 saturated carbocycles. The Labute approximate surface area is 138 Å². The lowest BCUT2D eigenvalue weighted by Gasteiger charge is -2.08. The molecule has 5 nitrogen and oxygen atoms in total. The molecular formula is C18H18FN3O2. The summed E-state index contributed by atoms with van der Waals surface area (Å²) >= 11 is 0. The van der Waals surface area contributed by atoms with Gasteiger partial charge in [-0.15, -0.1) is 0 Å². The Morgan fingerprint density at radius 3 is 2.88 bits per heavy atom. The first-order chi connectivity index (χ1) is 11.6. The highest BCUT2D eigenvalue weighted by Gasteiger charge is 2.12. The van der Waals surface area contributed by atoms with Crippen molar-refractivity contribution in [1.29, 1.82) is 0 Å². The van der Waals surface area contributed by atoms with Crippen LogP contribution in [0.15, 0.2) is 41.4 Å². The molecule has 0 aliphatic heterocycles. The standard InChI is InChI=1S/C18H18FN3O2/c1-11-9-12(5-6-15(11)20-7-8-23)21-10-13-17-14(19)3-2-4-16(17)22-18(13)24/h2-6,9-10,20,22-24H,7-8H2,1H3. The van der Waals surface area contributed by atoms with E-state index in [1.807, 2.05) is 25.1 Å². The number of rotatable bonds is 5. The summed E-state index contributed by atoms with van der Waals surface area (Å²) in [6, 6.07) is 10.2. The highest BCUT2D eigenvalue weighted by atomic mass is 19.1. The predicted molar refractivity (Wildman–Crippen MR) is 93.9 cm³/mol. The SMILES string of the molecule is Cc1cc(N=Cc2c(O)[nH]c3cccc(F)c23)ccc1NCCO. The monoisotopic (exact) mass is 327 g/mol. The van der Waals surface area contributed by atoms with Gasteiger partial charge in [-0.3, -0.25) is 4.99 Å². The molecule has 1 aromatic heterocycles. The number of halogens is 1. The lowest BCUT2D eigenvalue weighted by atomic mass is 10.1. The van der Waals surface area contributed by atoms with Crippen molar-refractivity contribution in [3.05, 3.63) is 53.3 Å². The van der Waals surface area contributed by atoms with Crippen LogP contribution in [-0.2, 0) is 0 Å². The lowest BCUT2D eigenvalue weighted by molar-refractivity contribution is 0.311. The first kappa shape index (κ1) is 16.0. The van der Waals surface area contributed by atoms with E-state index in [0.29, 0.717) is 28.7 Å². The minimum absolute atomic E-state index is 0.0603. The van der Waals surface area contributed by atoms with Crippen molar-refractivity contribution in [2.75, 3.05) is 18.5 Å².